The molecule has 0 fully saturated rings. The van der Waals surface area contributed by atoms with Gasteiger partial charge in [0.05, 0.1) is 6.61 Å². The smallest absolute Gasteiger partial charge is 0.303 e. The zero-order chi connectivity index (χ0) is 18.4. The molecular formula is C19H33O4P. The summed E-state index contributed by atoms with van der Waals surface area (Å²) in [6, 6.07) is 0. The van der Waals surface area contributed by atoms with Crippen LogP contribution in [0.4, 0.5) is 0 Å². The third-order valence-electron chi connectivity index (χ3n) is 3.46. The van der Waals surface area contributed by atoms with E-state index in [9.17, 15) is 4.57 Å². The summed E-state index contributed by atoms with van der Waals surface area (Å²) in [7, 11) is -4.36. The Hall–Kier alpha value is -0.930. The molecule has 0 saturated heterocycles. The fourth-order valence-corrected chi connectivity index (χ4v) is 2.31. The average molecular weight is 356 g/mol. The Morgan fingerprint density at radius 2 is 1.42 bits per heavy atom. The van der Waals surface area contributed by atoms with Crippen LogP contribution >= 0.6 is 7.82 Å². The fourth-order valence-electron chi connectivity index (χ4n) is 2.04. The van der Waals surface area contributed by atoms with Gasteiger partial charge in [0.25, 0.3) is 0 Å². The second-order valence-corrected chi connectivity index (χ2v) is 7.53. The van der Waals surface area contributed by atoms with Crippen molar-refractivity contribution in [2.45, 2.75) is 66.2 Å². The van der Waals surface area contributed by atoms with Gasteiger partial charge in [0.1, 0.15) is 0 Å². The van der Waals surface area contributed by atoms with Gasteiger partial charge in [-0.25, -0.2) is 4.57 Å². The SMILES string of the molecule is CC(C)=CCCC=CCC/C(C)=C\CC/C(C)=C\COP(=O)(O)O. The molecule has 0 aromatic heterocycles. The van der Waals surface area contributed by atoms with Gasteiger partial charge in [0.15, 0.2) is 0 Å². The first-order valence-corrected chi connectivity index (χ1v) is 10.0. The van der Waals surface area contributed by atoms with Crippen LogP contribution in [0.25, 0.3) is 0 Å². The first kappa shape index (κ1) is 23.1. The lowest BCUT2D eigenvalue weighted by atomic mass is 10.1. The van der Waals surface area contributed by atoms with Gasteiger partial charge >= 0.3 is 7.82 Å². The Balaban J connectivity index is 3.86. The van der Waals surface area contributed by atoms with Crippen molar-refractivity contribution >= 4 is 7.82 Å². The van der Waals surface area contributed by atoms with Gasteiger partial charge in [-0.05, 0) is 66.2 Å². The van der Waals surface area contributed by atoms with E-state index in [4.69, 9.17) is 9.79 Å². The molecule has 2 N–H and O–H groups in total. The minimum Gasteiger partial charge on any atom is -0.303 e. The highest BCUT2D eigenvalue weighted by molar-refractivity contribution is 7.46. The summed E-state index contributed by atoms with van der Waals surface area (Å²) in [4.78, 5) is 17.2. The topological polar surface area (TPSA) is 66.8 Å². The third kappa shape index (κ3) is 17.4. The highest BCUT2D eigenvalue weighted by atomic mass is 31.2. The molecule has 0 saturated carbocycles. The molecule has 0 rings (SSSR count). The molecule has 0 amide bonds. The Morgan fingerprint density at radius 3 is 2.04 bits per heavy atom. The van der Waals surface area contributed by atoms with Crippen molar-refractivity contribution in [1.82, 2.24) is 0 Å². The molecule has 0 bridgehead atoms. The molecule has 0 radical (unpaired) electrons. The molecule has 0 spiro atoms. The van der Waals surface area contributed by atoms with E-state index in [1.165, 1.54) is 11.1 Å². The van der Waals surface area contributed by atoms with E-state index in [1.54, 1.807) is 6.08 Å². The maximum atomic E-state index is 10.6. The number of unbranched alkanes of at least 4 members (excludes halogenated alkanes) is 1. The number of phosphoric acid groups is 1. The minimum atomic E-state index is -4.36. The van der Waals surface area contributed by atoms with Gasteiger partial charge < -0.3 is 9.79 Å². The normalized spacial score (nSPS) is 13.6. The van der Waals surface area contributed by atoms with Gasteiger partial charge in [0, 0.05) is 0 Å². The first-order valence-electron chi connectivity index (χ1n) is 8.50. The average Bonchev–Trinajstić information content (AvgIpc) is 2.44. The maximum absolute atomic E-state index is 10.6. The summed E-state index contributed by atoms with van der Waals surface area (Å²) in [5, 5.41) is 0. The van der Waals surface area contributed by atoms with Crippen LogP contribution in [0.5, 0.6) is 0 Å². The standard InChI is InChI=1S/C19H33O4P/c1-17(2)11-8-6-5-7-9-12-18(3)13-10-14-19(4)15-16-23-24(20,21)22/h5,7,11,13,15H,6,8-10,12,14,16H2,1-4H3,(H2,20,21,22)/b7-5?,18-13-,19-15-. The number of hydrogen-bond acceptors (Lipinski definition) is 2. The summed E-state index contributed by atoms with van der Waals surface area (Å²) in [5.74, 6) is 0. The molecular weight excluding hydrogens is 323 g/mol. The van der Waals surface area contributed by atoms with E-state index in [-0.39, 0.29) is 6.61 Å². The van der Waals surface area contributed by atoms with Crippen LogP contribution in [0.15, 0.2) is 47.1 Å². The van der Waals surface area contributed by atoms with Crippen LogP contribution in [0.1, 0.15) is 66.2 Å². The van der Waals surface area contributed by atoms with E-state index in [2.05, 4.69) is 49.6 Å². The van der Waals surface area contributed by atoms with Crippen LogP contribution in [0, 0.1) is 0 Å². The quantitative estimate of drug-likeness (QED) is 0.261. The number of phosphoric ester groups is 1. The van der Waals surface area contributed by atoms with Crippen LogP contribution in [0.3, 0.4) is 0 Å². The number of hydrogen-bond donors (Lipinski definition) is 2. The largest absolute Gasteiger partial charge is 0.469 e. The van der Waals surface area contributed by atoms with Gasteiger partial charge in [-0.15, -0.1) is 0 Å². The summed E-state index contributed by atoms with van der Waals surface area (Å²) >= 11 is 0. The summed E-state index contributed by atoms with van der Waals surface area (Å²) in [5.41, 5.74) is 3.83. The summed E-state index contributed by atoms with van der Waals surface area (Å²) in [6.07, 6.45) is 16.9. The van der Waals surface area contributed by atoms with Crippen molar-refractivity contribution < 1.29 is 18.9 Å². The number of rotatable bonds is 12. The van der Waals surface area contributed by atoms with Crippen molar-refractivity contribution in [3.8, 4) is 0 Å². The van der Waals surface area contributed by atoms with Gasteiger partial charge in [-0.2, -0.15) is 0 Å². The van der Waals surface area contributed by atoms with Crippen LogP contribution in [0.2, 0.25) is 0 Å². The zero-order valence-corrected chi connectivity index (χ0v) is 16.4. The van der Waals surface area contributed by atoms with Gasteiger partial charge in [-0.3, -0.25) is 4.52 Å². The Kier molecular flexibility index (Phi) is 12.9. The zero-order valence-electron chi connectivity index (χ0n) is 15.5. The molecule has 5 heteroatoms. The van der Waals surface area contributed by atoms with Crippen LogP contribution in [-0.2, 0) is 9.09 Å². The van der Waals surface area contributed by atoms with Crippen molar-refractivity contribution in [1.29, 1.82) is 0 Å². The molecule has 0 aliphatic carbocycles. The molecule has 0 aliphatic heterocycles. The Labute approximate surface area is 147 Å². The summed E-state index contributed by atoms with van der Waals surface area (Å²) < 4.78 is 15.0. The van der Waals surface area contributed by atoms with Crippen molar-refractivity contribution in [2.24, 2.45) is 0 Å². The monoisotopic (exact) mass is 356 g/mol. The lowest BCUT2D eigenvalue weighted by Gasteiger charge is -2.03. The first-order chi connectivity index (χ1) is 11.2. The molecule has 138 valence electrons. The molecule has 0 unspecified atom stereocenters. The van der Waals surface area contributed by atoms with E-state index in [0.717, 1.165) is 44.1 Å². The van der Waals surface area contributed by atoms with Gasteiger partial charge in [0.2, 0.25) is 0 Å². The van der Waals surface area contributed by atoms with E-state index in [1.807, 2.05) is 6.92 Å². The molecule has 0 aromatic carbocycles. The van der Waals surface area contributed by atoms with Gasteiger partial charge in [-0.1, -0.05) is 47.1 Å². The predicted molar refractivity (Wildman–Crippen MR) is 102 cm³/mol. The van der Waals surface area contributed by atoms with Crippen molar-refractivity contribution in [3.05, 3.63) is 47.1 Å². The molecule has 4 nitrogen and oxygen atoms in total. The molecule has 24 heavy (non-hydrogen) atoms. The maximum Gasteiger partial charge on any atom is 0.469 e. The third-order valence-corrected chi connectivity index (χ3v) is 3.95. The van der Waals surface area contributed by atoms with E-state index < -0.39 is 7.82 Å². The lowest BCUT2D eigenvalue weighted by Crippen LogP contribution is -1.89. The van der Waals surface area contributed by atoms with E-state index >= 15 is 0 Å². The van der Waals surface area contributed by atoms with Crippen molar-refractivity contribution in [3.63, 3.8) is 0 Å². The second-order valence-electron chi connectivity index (χ2n) is 6.29. The highest BCUT2D eigenvalue weighted by Gasteiger charge is 2.11. The molecule has 0 aliphatic rings. The van der Waals surface area contributed by atoms with Crippen molar-refractivity contribution in [2.75, 3.05) is 6.61 Å². The number of allylic oxidation sites excluding steroid dienone is 7. The minimum absolute atomic E-state index is 0.0453. The molecule has 0 heterocycles. The lowest BCUT2D eigenvalue weighted by molar-refractivity contribution is 0.215. The summed E-state index contributed by atoms with van der Waals surface area (Å²) in [6.45, 7) is 8.30. The molecule has 0 atom stereocenters. The predicted octanol–water partition coefficient (Wildman–Crippen LogP) is 5.85. The Bertz CT molecular complexity index is 505. The van der Waals surface area contributed by atoms with E-state index in [0.29, 0.717) is 0 Å². The van der Waals surface area contributed by atoms with Crippen LogP contribution in [-0.4, -0.2) is 16.4 Å². The van der Waals surface area contributed by atoms with Crippen LogP contribution < -0.4 is 0 Å². The fraction of sp³-hybridized carbons (Fsp3) is 0.579. The highest BCUT2D eigenvalue weighted by Crippen LogP contribution is 2.35. The Morgan fingerprint density at radius 1 is 0.833 bits per heavy atom. The molecule has 0 aromatic rings. The second kappa shape index (κ2) is 13.4.